The second-order valence-corrected chi connectivity index (χ2v) is 9.73. The van der Waals surface area contributed by atoms with Gasteiger partial charge in [-0.1, -0.05) is 40.6 Å². The Hall–Kier alpha value is -1.93. The highest BCUT2D eigenvalue weighted by Crippen LogP contribution is 2.34. The van der Waals surface area contributed by atoms with Gasteiger partial charge in [0.15, 0.2) is 0 Å². The summed E-state index contributed by atoms with van der Waals surface area (Å²) in [5, 5.41) is 5.14. The number of methoxy groups -OCH3 is 1. The molecule has 1 aliphatic rings. The van der Waals surface area contributed by atoms with Crippen LogP contribution in [0.25, 0.3) is 10.3 Å². The molecule has 1 N–H and O–H groups in total. The van der Waals surface area contributed by atoms with Crippen LogP contribution in [0.15, 0.2) is 30.3 Å². The molecule has 0 spiro atoms. The van der Waals surface area contributed by atoms with Gasteiger partial charge < -0.3 is 10.1 Å². The molecule has 1 saturated heterocycles. The summed E-state index contributed by atoms with van der Waals surface area (Å²) in [6, 6.07) is 9.96. The molecular formula is C23H26Cl2N4O2S. The monoisotopic (exact) mass is 492 g/mol. The molecule has 1 aromatic carbocycles. The third kappa shape index (κ3) is 5.70. The molecule has 4 rings (SSSR count). The van der Waals surface area contributed by atoms with Crippen molar-refractivity contribution in [2.24, 2.45) is 0 Å². The zero-order valence-corrected chi connectivity index (χ0v) is 20.3. The smallest absolute Gasteiger partial charge is 0.220 e. The Balaban J connectivity index is 1.20. The van der Waals surface area contributed by atoms with E-state index in [0.717, 1.165) is 41.3 Å². The summed E-state index contributed by atoms with van der Waals surface area (Å²) >= 11 is 13.8. The SMILES string of the molecule is COc1ccc2nc(CCC(=O)NCCCN3CCCC3c3ccc(Cl)c(Cl)c3)sc2n1. The lowest BCUT2D eigenvalue weighted by Gasteiger charge is -2.25. The molecule has 2 aromatic heterocycles. The topological polar surface area (TPSA) is 67.3 Å². The van der Waals surface area contributed by atoms with Crippen molar-refractivity contribution in [2.75, 3.05) is 26.7 Å². The Bertz CT molecular complexity index is 1090. The predicted octanol–water partition coefficient (Wildman–Crippen LogP) is 5.28. The van der Waals surface area contributed by atoms with Crippen molar-refractivity contribution in [2.45, 2.75) is 38.1 Å². The van der Waals surface area contributed by atoms with Crippen LogP contribution in [0.3, 0.4) is 0 Å². The van der Waals surface area contributed by atoms with Crippen molar-refractivity contribution < 1.29 is 9.53 Å². The van der Waals surface area contributed by atoms with Gasteiger partial charge in [0, 0.05) is 38.0 Å². The van der Waals surface area contributed by atoms with E-state index in [1.807, 2.05) is 18.2 Å². The summed E-state index contributed by atoms with van der Waals surface area (Å²) in [6.07, 6.45) is 4.23. The molecule has 1 amide bonds. The highest BCUT2D eigenvalue weighted by Gasteiger charge is 2.25. The minimum Gasteiger partial charge on any atom is -0.481 e. The minimum absolute atomic E-state index is 0.0530. The van der Waals surface area contributed by atoms with E-state index in [1.165, 1.54) is 23.3 Å². The number of likely N-dealkylation sites (tertiary alicyclic amines) is 1. The number of carbonyl (C=O) groups excluding carboxylic acids is 1. The van der Waals surface area contributed by atoms with Crippen LogP contribution in [-0.2, 0) is 11.2 Å². The van der Waals surface area contributed by atoms with Gasteiger partial charge in [-0.25, -0.2) is 9.97 Å². The molecule has 1 atom stereocenters. The number of pyridine rings is 1. The van der Waals surface area contributed by atoms with Gasteiger partial charge in [0.25, 0.3) is 0 Å². The van der Waals surface area contributed by atoms with Crippen molar-refractivity contribution in [3.63, 3.8) is 0 Å². The second-order valence-electron chi connectivity index (χ2n) is 7.86. The first kappa shape index (κ1) is 23.2. The molecule has 9 heteroatoms. The molecule has 1 unspecified atom stereocenters. The number of ether oxygens (including phenoxy) is 1. The molecule has 0 saturated carbocycles. The number of carbonyl (C=O) groups is 1. The Morgan fingerprint density at radius 2 is 2.12 bits per heavy atom. The van der Waals surface area contributed by atoms with Crippen molar-refractivity contribution >= 4 is 50.8 Å². The number of nitrogens with one attached hydrogen (secondary N) is 1. The number of rotatable bonds is 9. The Kier molecular flexibility index (Phi) is 7.84. The van der Waals surface area contributed by atoms with Crippen LogP contribution in [0.1, 0.15) is 42.3 Å². The number of fused-ring (bicyclic) bond motifs is 1. The Morgan fingerprint density at radius 3 is 2.94 bits per heavy atom. The number of thiazole rings is 1. The fraction of sp³-hybridized carbons (Fsp3) is 0.435. The average molecular weight is 493 g/mol. The summed E-state index contributed by atoms with van der Waals surface area (Å²) in [7, 11) is 1.59. The number of aromatic nitrogens is 2. The fourth-order valence-electron chi connectivity index (χ4n) is 4.08. The van der Waals surface area contributed by atoms with Gasteiger partial charge in [0.2, 0.25) is 11.8 Å². The van der Waals surface area contributed by atoms with Crippen molar-refractivity contribution in [3.8, 4) is 5.88 Å². The maximum Gasteiger partial charge on any atom is 0.220 e. The van der Waals surface area contributed by atoms with Gasteiger partial charge in [-0.05, 0) is 49.6 Å². The molecule has 170 valence electrons. The zero-order chi connectivity index (χ0) is 22.5. The molecule has 6 nitrogen and oxygen atoms in total. The van der Waals surface area contributed by atoms with Gasteiger partial charge in [0.1, 0.15) is 10.3 Å². The standard InChI is InChI=1S/C23H26Cl2N4O2S/c1-31-21-9-7-18-23(28-21)32-22(27-18)10-8-20(30)26-11-3-13-29-12-2-4-19(29)15-5-6-16(24)17(25)14-15/h5-7,9,14,19H,2-4,8,10-13H2,1H3,(H,26,30). The third-order valence-electron chi connectivity index (χ3n) is 5.69. The fourth-order valence-corrected chi connectivity index (χ4v) is 5.31. The van der Waals surface area contributed by atoms with E-state index in [9.17, 15) is 4.79 Å². The first-order valence-electron chi connectivity index (χ1n) is 10.8. The van der Waals surface area contributed by atoms with E-state index in [4.69, 9.17) is 27.9 Å². The third-order valence-corrected chi connectivity index (χ3v) is 7.45. The number of aryl methyl sites for hydroxylation is 1. The summed E-state index contributed by atoms with van der Waals surface area (Å²) in [4.78, 5) is 24.5. The molecule has 1 aliphatic heterocycles. The van der Waals surface area contributed by atoms with Crippen LogP contribution in [0.4, 0.5) is 0 Å². The van der Waals surface area contributed by atoms with E-state index in [0.29, 0.717) is 41.4 Å². The molecular weight excluding hydrogens is 467 g/mol. The van der Waals surface area contributed by atoms with Crippen LogP contribution >= 0.6 is 34.5 Å². The van der Waals surface area contributed by atoms with Gasteiger partial charge in [-0.2, -0.15) is 0 Å². The van der Waals surface area contributed by atoms with E-state index >= 15 is 0 Å². The summed E-state index contributed by atoms with van der Waals surface area (Å²) in [6.45, 7) is 2.67. The van der Waals surface area contributed by atoms with Crippen LogP contribution in [0, 0.1) is 0 Å². The molecule has 0 aliphatic carbocycles. The van der Waals surface area contributed by atoms with E-state index in [-0.39, 0.29) is 5.91 Å². The first-order valence-corrected chi connectivity index (χ1v) is 12.4. The van der Waals surface area contributed by atoms with E-state index < -0.39 is 0 Å². The van der Waals surface area contributed by atoms with Crippen molar-refractivity contribution in [3.05, 3.63) is 50.9 Å². The van der Waals surface area contributed by atoms with Crippen molar-refractivity contribution in [1.29, 1.82) is 0 Å². The first-order chi connectivity index (χ1) is 15.5. The van der Waals surface area contributed by atoms with Gasteiger partial charge in [-0.3, -0.25) is 9.69 Å². The Labute approximate surface area is 201 Å². The molecule has 0 bridgehead atoms. The number of nitrogens with zero attached hydrogens (tertiary/aromatic N) is 3. The van der Waals surface area contributed by atoms with Gasteiger partial charge >= 0.3 is 0 Å². The normalized spacial score (nSPS) is 16.5. The number of hydrogen-bond donors (Lipinski definition) is 1. The zero-order valence-electron chi connectivity index (χ0n) is 17.9. The lowest BCUT2D eigenvalue weighted by Crippen LogP contribution is -2.30. The minimum atomic E-state index is 0.0530. The maximum atomic E-state index is 12.3. The van der Waals surface area contributed by atoms with Crippen LogP contribution in [0.5, 0.6) is 5.88 Å². The van der Waals surface area contributed by atoms with E-state index in [1.54, 1.807) is 13.2 Å². The number of amides is 1. The average Bonchev–Trinajstić information content (AvgIpc) is 3.43. The van der Waals surface area contributed by atoms with Crippen molar-refractivity contribution in [1.82, 2.24) is 20.2 Å². The van der Waals surface area contributed by atoms with Crippen LogP contribution in [-0.4, -0.2) is 47.5 Å². The number of benzene rings is 1. The van der Waals surface area contributed by atoms with E-state index in [2.05, 4.69) is 26.3 Å². The number of hydrogen-bond acceptors (Lipinski definition) is 6. The maximum absolute atomic E-state index is 12.3. The molecule has 1 fully saturated rings. The predicted molar refractivity (Wildman–Crippen MR) is 130 cm³/mol. The summed E-state index contributed by atoms with van der Waals surface area (Å²) in [5.74, 6) is 0.627. The highest BCUT2D eigenvalue weighted by molar-refractivity contribution is 7.18. The number of halogens is 2. The second kappa shape index (κ2) is 10.8. The lowest BCUT2D eigenvalue weighted by atomic mass is 10.0. The quantitative estimate of drug-likeness (QED) is 0.411. The summed E-state index contributed by atoms with van der Waals surface area (Å²) < 4.78 is 5.15. The molecule has 3 heterocycles. The van der Waals surface area contributed by atoms with Crippen LogP contribution < -0.4 is 10.1 Å². The molecule has 3 aromatic rings. The molecule has 0 radical (unpaired) electrons. The largest absolute Gasteiger partial charge is 0.481 e. The summed E-state index contributed by atoms with van der Waals surface area (Å²) in [5.41, 5.74) is 2.05. The Morgan fingerprint density at radius 1 is 1.25 bits per heavy atom. The van der Waals surface area contributed by atoms with Gasteiger partial charge in [0.05, 0.1) is 22.2 Å². The van der Waals surface area contributed by atoms with Gasteiger partial charge in [-0.15, -0.1) is 0 Å². The lowest BCUT2D eigenvalue weighted by molar-refractivity contribution is -0.121. The molecule has 32 heavy (non-hydrogen) atoms. The van der Waals surface area contributed by atoms with Crippen LogP contribution in [0.2, 0.25) is 10.0 Å². The highest BCUT2D eigenvalue weighted by atomic mass is 35.5.